The van der Waals surface area contributed by atoms with Crippen LogP contribution in [-0.4, -0.2) is 0 Å². The van der Waals surface area contributed by atoms with E-state index < -0.39 is 0 Å². The molecule has 0 fully saturated rings. The number of para-hydroxylation sites is 2. The van der Waals surface area contributed by atoms with Crippen molar-refractivity contribution in [1.29, 1.82) is 0 Å². The number of halogens is 1. The first kappa shape index (κ1) is 66.6. The fourth-order valence-corrected chi connectivity index (χ4v) is 19.9. The molecule has 22 rings (SSSR count). The van der Waals surface area contributed by atoms with Crippen molar-refractivity contribution in [3.8, 4) is 11.1 Å². The van der Waals surface area contributed by atoms with Crippen molar-refractivity contribution in [2.24, 2.45) is 0 Å². The lowest BCUT2D eigenvalue weighted by Crippen LogP contribution is -2.31. The molecule has 0 saturated heterocycles. The van der Waals surface area contributed by atoms with Gasteiger partial charge in [-0.1, -0.05) is 290 Å². The van der Waals surface area contributed by atoms with E-state index in [4.69, 9.17) is 0 Å². The Morgan fingerprint density at radius 1 is 0.321 bits per heavy atom. The predicted molar refractivity (Wildman–Crippen MR) is 472 cm³/mol. The molecular formula is C104H80BrN3S. The number of benzene rings is 18. The Labute approximate surface area is 650 Å². The van der Waals surface area contributed by atoms with Gasteiger partial charge in [-0.25, -0.2) is 0 Å². The van der Waals surface area contributed by atoms with Gasteiger partial charge < -0.3 is 14.7 Å². The van der Waals surface area contributed by atoms with Crippen molar-refractivity contribution in [2.75, 3.05) is 14.7 Å². The smallest absolute Gasteiger partial charge is 0.0540 e. The molecule has 0 amide bonds. The van der Waals surface area contributed by atoms with Gasteiger partial charge in [0.05, 0.1) is 39.8 Å². The lowest BCUT2D eigenvalue weighted by atomic mass is 9.72. The van der Waals surface area contributed by atoms with Crippen molar-refractivity contribution < 1.29 is 0 Å². The summed E-state index contributed by atoms with van der Waals surface area (Å²) in [4.78, 5) is 7.51. The second-order valence-corrected chi connectivity index (χ2v) is 33.5. The van der Waals surface area contributed by atoms with E-state index in [1.165, 1.54) is 203 Å². The third-order valence-corrected chi connectivity index (χ3v) is 25.9. The molecule has 19 aromatic rings. The fraction of sp³-hybridized carbons (Fsp3) is 0.115. The molecule has 0 radical (unpaired) electrons. The van der Waals surface area contributed by atoms with Crippen molar-refractivity contribution in [1.82, 2.24) is 0 Å². The third kappa shape index (κ3) is 10.9. The monoisotopic (exact) mass is 1480 g/mol. The normalized spacial score (nSPS) is 13.7. The molecule has 2 aliphatic heterocycles. The molecule has 3 nitrogen and oxygen atoms in total. The summed E-state index contributed by atoms with van der Waals surface area (Å²) in [7, 11) is 0. The molecule has 18 aromatic carbocycles. The van der Waals surface area contributed by atoms with E-state index in [2.05, 4.69) is 401 Å². The van der Waals surface area contributed by atoms with E-state index in [-0.39, 0.29) is 10.8 Å². The van der Waals surface area contributed by atoms with E-state index in [1.54, 1.807) is 0 Å². The second kappa shape index (κ2) is 25.7. The topological polar surface area (TPSA) is 9.72 Å². The number of aryl methyl sites for hydroxylation is 4. The van der Waals surface area contributed by atoms with Gasteiger partial charge in [-0.3, -0.25) is 0 Å². The summed E-state index contributed by atoms with van der Waals surface area (Å²) >= 11 is 5.72. The van der Waals surface area contributed by atoms with Crippen LogP contribution in [0.5, 0.6) is 0 Å². The van der Waals surface area contributed by atoms with Crippen molar-refractivity contribution in [3.05, 3.63) is 387 Å². The van der Waals surface area contributed by atoms with Crippen LogP contribution in [0, 0.1) is 27.7 Å². The number of hydrogen-bond acceptors (Lipinski definition) is 4. The zero-order chi connectivity index (χ0) is 73.7. The Kier molecular flexibility index (Phi) is 15.7. The third-order valence-electron chi connectivity index (χ3n) is 24.0. The van der Waals surface area contributed by atoms with Gasteiger partial charge in [-0.15, -0.1) is 11.3 Å². The van der Waals surface area contributed by atoms with Gasteiger partial charge in [-0.05, 0) is 236 Å². The number of thiophene rings is 1. The Bertz CT molecular complexity index is 6750. The summed E-state index contributed by atoms with van der Waals surface area (Å²) in [5, 5.41) is 18.1. The Morgan fingerprint density at radius 2 is 0.761 bits per heavy atom. The van der Waals surface area contributed by atoms with Gasteiger partial charge in [0.2, 0.25) is 0 Å². The van der Waals surface area contributed by atoms with Crippen LogP contribution < -0.4 is 14.7 Å². The van der Waals surface area contributed by atoms with Crippen LogP contribution in [0.2, 0.25) is 0 Å². The highest BCUT2D eigenvalue weighted by atomic mass is 79.9. The van der Waals surface area contributed by atoms with Crippen LogP contribution in [0.3, 0.4) is 0 Å². The molecule has 0 bridgehead atoms. The largest absolute Gasteiger partial charge is 0.310 e. The molecule has 5 heteroatoms. The zero-order valence-electron chi connectivity index (χ0n) is 62.6. The summed E-state index contributed by atoms with van der Waals surface area (Å²) in [5.41, 5.74) is 29.7. The molecule has 1 aromatic heterocycles. The van der Waals surface area contributed by atoms with Crippen LogP contribution in [0.4, 0.5) is 51.2 Å². The number of fused-ring (bicyclic) bond motifs is 10. The van der Waals surface area contributed by atoms with Crippen molar-refractivity contribution in [2.45, 2.75) is 79.1 Å². The average molecular weight is 1480 g/mol. The molecule has 0 atom stereocenters. The van der Waals surface area contributed by atoms with Gasteiger partial charge in [0.15, 0.2) is 0 Å². The first-order chi connectivity index (χ1) is 53.1. The Balaban J connectivity index is 0.000000124. The van der Waals surface area contributed by atoms with Crippen LogP contribution in [0.15, 0.2) is 320 Å². The van der Waals surface area contributed by atoms with Crippen LogP contribution in [-0.2, 0) is 23.7 Å². The molecular weight excluding hydrogens is 1400 g/mol. The van der Waals surface area contributed by atoms with Crippen molar-refractivity contribution >= 4 is 163 Å². The van der Waals surface area contributed by atoms with E-state index >= 15 is 0 Å². The molecule has 0 N–H and O–H groups in total. The quantitative estimate of drug-likeness (QED) is 0.147. The summed E-state index contributed by atoms with van der Waals surface area (Å²) in [6.45, 7) is 18.1. The lowest BCUT2D eigenvalue weighted by Gasteiger charge is -2.43. The molecule has 1 aliphatic carbocycles. The lowest BCUT2D eigenvalue weighted by molar-refractivity contribution is 0.632. The van der Waals surface area contributed by atoms with Gasteiger partial charge >= 0.3 is 0 Å². The van der Waals surface area contributed by atoms with Crippen LogP contribution >= 0.6 is 27.3 Å². The summed E-state index contributed by atoms with van der Waals surface area (Å²) < 4.78 is 3.80. The van der Waals surface area contributed by atoms with E-state index in [0.717, 1.165) is 28.7 Å². The highest BCUT2D eigenvalue weighted by Crippen LogP contribution is 2.59. The summed E-state index contributed by atoms with van der Waals surface area (Å²) in [6, 6.07) is 118. The summed E-state index contributed by atoms with van der Waals surface area (Å²) in [5.74, 6) is 0. The molecule has 3 aliphatic rings. The fourth-order valence-electron chi connectivity index (χ4n) is 18.3. The summed E-state index contributed by atoms with van der Waals surface area (Å²) in [6.07, 6.45) is 2.02. The molecule has 3 heterocycles. The zero-order valence-corrected chi connectivity index (χ0v) is 65.0. The van der Waals surface area contributed by atoms with Crippen LogP contribution in [0.1, 0.15) is 94.5 Å². The average Bonchev–Trinajstić information content (AvgIpc) is 1.53. The maximum Gasteiger partial charge on any atom is 0.0540 e. The Morgan fingerprint density at radius 3 is 1.34 bits per heavy atom. The second-order valence-electron chi connectivity index (χ2n) is 31.6. The molecule has 0 unspecified atom stereocenters. The van der Waals surface area contributed by atoms with Gasteiger partial charge in [-0.2, -0.15) is 0 Å². The minimum atomic E-state index is -0.173. The van der Waals surface area contributed by atoms with E-state index in [9.17, 15) is 0 Å². The van der Waals surface area contributed by atoms with Gasteiger partial charge in [0.1, 0.15) is 0 Å². The highest BCUT2D eigenvalue weighted by Gasteiger charge is 2.41. The predicted octanol–water partition coefficient (Wildman–Crippen LogP) is 30.1. The number of nitrogens with zero attached hydrogens (tertiary/aromatic N) is 3. The SMILES string of the molecule is CC1(C)c2ccccc2N(c2ccc3ccc4c(Br)ccc5ccc2c3c54)c2cc3c(cc21)-c1ccccc1C3.Cc1ccc(Cc2ccc(C)cc2)cc1.Cc1ccc(N(c2ccc(C)cc2)c2ccc3ccc4c(N5c6ccccc6C(C)(C)c6cc7c(cc65)sc5ccccc57)ccc5ccc2c3c54)cc1. The molecule has 0 spiro atoms. The minimum Gasteiger partial charge on any atom is -0.310 e. The number of rotatable bonds is 7. The maximum atomic E-state index is 3.82. The van der Waals surface area contributed by atoms with E-state index in [1.807, 2.05) is 11.3 Å². The standard InChI is InChI=1S/C51H38N2S.C38H26BrN.C15H16/c1-31-13-21-35(22-14-31)52(36-23-15-32(2)16-24-36)43-27-19-33-18-26-39-44(28-20-34-17-25-38(43)49(33)50(34)39)53-45-11-7-6-10-41(45)51(3,4)42-29-40-37-9-5-8-12-47(37)54-48(40)30-46(42)53;1-38(2)30-9-5-6-10-34(30)40(35-20-25-19-24-7-3-4-8-26(24)29(25)21-31(35)38)33-18-14-23-11-15-27-32(39)17-13-22-12-16-28(33)37(23)36(22)27;1-12-3-7-14(8-4-12)11-15-9-5-13(2)6-10-15/h5-30H,1-4H3;3-18,20-21H,19H2,1-2H3;3-10H,11H2,1-2H3. The van der Waals surface area contributed by atoms with Crippen molar-refractivity contribution in [3.63, 3.8) is 0 Å². The maximum absolute atomic E-state index is 3.82. The first-order valence-corrected chi connectivity index (χ1v) is 39.8. The van der Waals surface area contributed by atoms with Crippen LogP contribution in [0.25, 0.3) is 95.9 Å². The molecule has 0 saturated carbocycles. The minimum absolute atomic E-state index is 0.121. The molecule has 109 heavy (non-hydrogen) atoms. The number of hydrogen-bond donors (Lipinski definition) is 0. The highest BCUT2D eigenvalue weighted by molar-refractivity contribution is 9.10. The first-order valence-electron chi connectivity index (χ1n) is 38.2. The van der Waals surface area contributed by atoms with E-state index in [0.29, 0.717) is 0 Å². The Hall–Kier alpha value is -11.9. The number of anilines is 9. The van der Waals surface area contributed by atoms with Gasteiger partial charge in [0, 0.05) is 63.0 Å². The molecule has 524 valence electrons. The van der Waals surface area contributed by atoms with Gasteiger partial charge in [0.25, 0.3) is 0 Å².